The third-order valence-electron chi connectivity index (χ3n) is 3.01. The second-order valence-corrected chi connectivity index (χ2v) is 5.18. The molecule has 1 heterocycles. The van der Waals surface area contributed by atoms with E-state index in [2.05, 4.69) is 20.8 Å². The average Bonchev–Trinajstić information content (AvgIpc) is 2.33. The van der Waals surface area contributed by atoms with Crippen LogP contribution in [0.25, 0.3) is 0 Å². The Morgan fingerprint density at radius 1 is 1.24 bits per heavy atom. The predicted octanol–water partition coefficient (Wildman–Crippen LogP) is 3.45. The third-order valence-corrected chi connectivity index (χ3v) is 3.63. The van der Waals surface area contributed by atoms with Crippen molar-refractivity contribution in [2.45, 2.75) is 19.3 Å². The minimum atomic E-state index is -0.250. The number of likely N-dealkylation sites (tertiary alicyclic amines) is 1. The molecule has 2 rings (SSSR count). The van der Waals surface area contributed by atoms with Crippen LogP contribution in [0.15, 0.2) is 22.7 Å². The third kappa shape index (κ3) is 3.96. The molecule has 0 N–H and O–H groups in total. The van der Waals surface area contributed by atoms with Crippen LogP contribution in [0.2, 0.25) is 0 Å². The largest absolute Gasteiger partial charge is 0.491 e. The van der Waals surface area contributed by atoms with Gasteiger partial charge in [0.25, 0.3) is 0 Å². The monoisotopic (exact) mass is 301 g/mol. The van der Waals surface area contributed by atoms with Crippen molar-refractivity contribution in [3.63, 3.8) is 0 Å². The Bertz CT molecular complexity index is 366. The van der Waals surface area contributed by atoms with Crippen LogP contribution in [0.4, 0.5) is 4.39 Å². The first-order valence-corrected chi connectivity index (χ1v) is 6.85. The van der Waals surface area contributed by atoms with Crippen LogP contribution in [0.5, 0.6) is 5.75 Å². The maximum absolute atomic E-state index is 12.9. The quantitative estimate of drug-likeness (QED) is 0.844. The minimum Gasteiger partial charge on any atom is -0.491 e. The lowest BCUT2D eigenvalue weighted by Gasteiger charge is -2.26. The molecule has 0 radical (unpaired) electrons. The average molecular weight is 302 g/mol. The molecule has 17 heavy (non-hydrogen) atoms. The van der Waals surface area contributed by atoms with E-state index in [4.69, 9.17) is 4.74 Å². The van der Waals surface area contributed by atoms with Crippen LogP contribution < -0.4 is 4.74 Å². The second kappa shape index (κ2) is 6.36. The van der Waals surface area contributed by atoms with Gasteiger partial charge in [-0.05, 0) is 60.1 Å². The smallest absolute Gasteiger partial charge is 0.133 e. The van der Waals surface area contributed by atoms with E-state index in [1.54, 1.807) is 6.07 Å². The zero-order valence-electron chi connectivity index (χ0n) is 9.79. The first kappa shape index (κ1) is 12.8. The van der Waals surface area contributed by atoms with E-state index in [0.717, 1.165) is 6.54 Å². The molecule has 94 valence electrons. The van der Waals surface area contributed by atoms with Gasteiger partial charge in [0.2, 0.25) is 0 Å². The summed E-state index contributed by atoms with van der Waals surface area (Å²) in [6.45, 7) is 3.95. The Labute approximate surface area is 110 Å². The molecule has 0 aliphatic carbocycles. The molecule has 0 atom stereocenters. The molecule has 0 bridgehead atoms. The van der Waals surface area contributed by atoms with Gasteiger partial charge in [0, 0.05) is 6.54 Å². The summed E-state index contributed by atoms with van der Waals surface area (Å²) >= 11 is 3.29. The highest BCUT2D eigenvalue weighted by Crippen LogP contribution is 2.25. The van der Waals surface area contributed by atoms with Crippen molar-refractivity contribution in [3.05, 3.63) is 28.5 Å². The van der Waals surface area contributed by atoms with E-state index < -0.39 is 0 Å². The number of hydrogen-bond donors (Lipinski definition) is 0. The van der Waals surface area contributed by atoms with Gasteiger partial charge in [-0.25, -0.2) is 4.39 Å². The molecule has 1 aliphatic heterocycles. The van der Waals surface area contributed by atoms with Crippen LogP contribution in [-0.4, -0.2) is 31.1 Å². The standard InChI is InChI=1S/C13H17BrFNO/c14-12-10-11(15)4-5-13(12)17-9-8-16-6-2-1-3-7-16/h4-5,10H,1-3,6-9H2. The summed E-state index contributed by atoms with van der Waals surface area (Å²) in [5, 5.41) is 0. The lowest BCUT2D eigenvalue weighted by atomic mass is 10.1. The topological polar surface area (TPSA) is 12.5 Å². The van der Waals surface area contributed by atoms with Gasteiger partial charge in [0.05, 0.1) is 4.47 Å². The van der Waals surface area contributed by atoms with Crippen LogP contribution >= 0.6 is 15.9 Å². The molecule has 1 aromatic rings. The van der Waals surface area contributed by atoms with E-state index in [0.29, 0.717) is 16.8 Å². The van der Waals surface area contributed by atoms with Gasteiger partial charge in [0.1, 0.15) is 18.2 Å². The van der Waals surface area contributed by atoms with Crippen LogP contribution in [-0.2, 0) is 0 Å². The van der Waals surface area contributed by atoms with Crippen molar-refractivity contribution in [2.75, 3.05) is 26.2 Å². The lowest BCUT2D eigenvalue weighted by molar-refractivity contribution is 0.183. The van der Waals surface area contributed by atoms with Crippen molar-refractivity contribution < 1.29 is 9.13 Å². The number of ether oxygens (including phenoxy) is 1. The molecule has 1 saturated heterocycles. The summed E-state index contributed by atoms with van der Waals surface area (Å²) in [4.78, 5) is 2.42. The maximum atomic E-state index is 12.9. The highest BCUT2D eigenvalue weighted by molar-refractivity contribution is 9.10. The number of halogens is 2. The Balaban J connectivity index is 1.77. The fourth-order valence-electron chi connectivity index (χ4n) is 2.06. The normalized spacial score (nSPS) is 17.1. The van der Waals surface area contributed by atoms with E-state index in [1.807, 2.05) is 0 Å². The van der Waals surface area contributed by atoms with Crippen molar-refractivity contribution >= 4 is 15.9 Å². The summed E-state index contributed by atoms with van der Waals surface area (Å²) in [5.74, 6) is 0.462. The Morgan fingerprint density at radius 3 is 2.71 bits per heavy atom. The highest BCUT2D eigenvalue weighted by Gasteiger charge is 2.10. The Hall–Kier alpha value is -0.610. The molecule has 1 aromatic carbocycles. The molecule has 0 unspecified atom stereocenters. The molecule has 0 amide bonds. The molecular weight excluding hydrogens is 285 g/mol. The molecule has 0 aromatic heterocycles. The van der Waals surface area contributed by atoms with E-state index in [9.17, 15) is 4.39 Å². The van der Waals surface area contributed by atoms with Gasteiger partial charge in [-0.15, -0.1) is 0 Å². The highest BCUT2D eigenvalue weighted by atomic mass is 79.9. The van der Waals surface area contributed by atoms with Gasteiger partial charge in [-0.1, -0.05) is 6.42 Å². The first-order valence-electron chi connectivity index (χ1n) is 6.06. The fourth-order valence-corrected chi connectivity index (χ4v) is 2.53. The summed E-state index contributed by atoms with van der Waals surface area (Å²) in [6, 6.07) is 4.51. The van der Waals surface area contributed by atoms with Crippen LogP contribution in [0.1, 0.15) is 19.3 Å². The molecular formula is C13H17BrFNO. The number of piperidine rings is 1. The number of rotatable bonds is 4. The van der Waals surface area contributed by atoms with E-state index in [1.165, 1.54) is 44.5 Å². The van der Waals surface area contributed by atoms with Gasteiger partial charge >= 0.3 is 0 Å². The molecule has 1 aliphatic rings. The van der Waals surface area contributed by atoms with E-state index >= 15 is 0 Å². The van der Waals surface area contributed by atoms with Crippen molar-refractivity contribution in [3.8, 4) is 5.75 Å². The zero-order chi connectivity index (χ0) is 12.1. The lowest BCUT2D eigenvalue weighted by Crippen LogP contribution is -2.33. The van der Waals surface area contributed by atoms with Gasteiger partial charge < -0.3 is 4.74 Å². The number of benzene rings is 1. The Morgan fingerprint density at radius 2 is 2.00 bits per heavy atom. The van der Waals surface area contributed by atoms with Crippen molar-refractivity contribution in [2.24, 2.45) is 0 Å². The summed E-state index contributed by atoms with van der Waals surface area (Å²) in [7, 11) is 0. The SMILES string of the molecule is Fc1ccc(OCCN2CCCCC2)c(Br)c1. The molecule has 1 fully saturated rings. The summed E-state index contributed by atoms with van der Waals surface area (Å²) in [5.41, 5.74) is 0. The second-order valence-electron chi connectivity index (χ2n) is 4.33. The summed E-state index contributed by atoms with van der Waals surface area (Å²) < 4.78 is 19.2. The fraction of sp³-hybridized carbons (Fsp3) is 0.538. The first-order chi connectivity index (χ1) is 8.25. The molecule has 0 spiro atoms. The van der Waals surface area contributed by atoms with Crippen LogP contribution in [0.3, 0.4) is 0 Å². The molecule has 4 heteroatoms. The van der Waals surface area contributed by atoms with Crippen molar-refractivity contribution in [1.29, 1.82) is 0 Å². The number of nitrogens with zero attached hydrogens (tertiary/aromatic N) is 1. The van der Waals surface area contributed by atoms with E-state index in [-0.39, 0.29) is 5.82 Å². The van der Waals surface area contributed by atoms with Gasteiger partial charge in [0.15, 0.2) is 0 Å². The minimum absolute atomic E-state index is 0.250. The molecule has 0 saturated carbocycles. The maximum Gasteiger partial charge on any atom is 0.133 e. The molecule has 2 nitrogen and oxygen atoms in total. The predicted molar refractivity (Wildman–Crippen MR) is 69.9 cm³/mol. The number of hydrogen-bond acceptors (Lipinski definition) is 2. The van der Waals surface area contributed by atoms with Gasteiger partial charge in [-0.3, -0.25) is 4.90 Å². The van der Waals surface area contributed by atoms with Crippen molar-refractivity contribution in [1.82, 2.24) is 4.90 Å². The van der Waals surface area contributed by atoms with Gasteiger partial charge in [-0.2, -0.15) is 0 Å². The Kier molecular flexibility index (Phi) is 4.80. The zero-order valence-corrected chi connectivity index (χ0v) is 11.4. The van der Waals surface area contributed by atoms with Crippen LogP contribution in [0, 0.1) is 5.82 Å². The summed E-state index contributed by atoms with van der Waals surface area (Å²) in [6.07, 6.45) is 3.93.